The number of methoxy groups -OCH3 is 1. The van der Waals surface area contributed by atoms with Crippen molar-refractivity contribution >= 4 is 56.0 Å². The maximum Gasteiger partial charge on any atom is 0.410 e. The van der Waals surface area contributed by atoms with E-state index in [1.54, 1.807) is 23.2 Å². The lowest BCUT2D eigenvalue weighted by Gasteiger charge is -2.35. The minimum Gasteiger partial charge on any atom is -0.492 e. The monoisotopic (exact) mass is 809 g/mol. The van der Waals surface area contributed by atoms with Gasteiger partial charge in [0.2, 0.25) is 15.9 Å². The first kappa shape index (κ1) is 38.4. The molecule has 2 amide bonds. The molecule has 0 bridgehead atoms. The zero-order chi connectivity index (χ0) is 36.4. The Morgan fingerprint density at radius 2 is 1.69 bits per heavy atom. The predicted molar refractivity (Wildman–Crippen MR) is 200 cm³/mol. The van der Waals surface area contributed by atoms with E-state index < -0.39 is 19.0 Å². The molecule has 49 heavy (non-hydrogen) atoms. The maximum atomic E-state index is 13.9. The van der Waals surface area contributed by atoms with Crippen molar-refractivity contribution < 1.29 is 32.2 Å². The van der Waals surface area contributed by atoms with Crippen molar-refractivity contribution in [2.75, 3.05) is 49.6 Å². The molecule has 1 atom stereocenters. The number of hydrogen-bond acceptors (Lipinski definition) is 9. The number of benzene rings is 1. The number of aromatic nitrogens is 1. The Hall–Kier alpha value is -3.37. The van der Waals surface area contributed by atoms with E-state index in [0.29, 0.717) is 56.3 Å². The van der Waals surface area contributed by atoms with Crippen LogP contribution in [0.5, 0.6) is 11.5 Å². The van der Waals surface area contributed by atoms with Crippen LogP contribution in [0.15, 0.2) is 53.9 Å². The van der Waals surface area contributed by atoms with Crippen LogP contribution in [0, 0.1) is 0 Å². The highest BCUT2D eigenvalue weighted by Crippen LogP contribution is 2.41. The van der Waals surface area contributed by atoms with Gasteiger partial charge in [-0.15, -0.1) is 0 Å². The topological polar surface area (TPSA) is 139 Å². The van der Waals surface area contributed by atoms with Crippen molar-refractivity contribution in [3.63, 3.8) is 0 Å². The molecule has 1 aromatic heterocycles. The van der Waals surface area contributed by atoms with Crippen LogP contribution in [0.4, 0.5) is 16.2 Å². The number of halogens is 1. The molecule has 1 aliphatic heterocycles. The number of allylic oxidation sites excluding steroid dienone is 2. The van der Waals surface area contributed by atoms with Crippen LogP contribution in [0.2, 0.25) is 0 Å². The largest absolute Gasteiger partial charge is 0.492 e. The lowest BCUT2D eigenvalue weighted by molar-refractivity contribution is -0.117. The van der Waals surface area contributed by atoms with Gasteiger partial charge in [-0.3, -0.25) is 19.4 Å². The van der Waals surface area contributed by atoms with Crippen molar-refractivity contribution in [2.24, 2.45) is 0 Å². The van der Waals surface area contributed by atoms with E-state index in [2.05, 4.69) is 42.5 Å². The van der Waals surface area contributed by atoms with Crippen LogP contribution in [0.3, 0.4) is 0 Å². The Kier molecular flexibility index (Phi) is 11.6. The van der Waals surface area contributed by atoms with Gasteiger partial charge in [0.25, 0.3) is 0 Å². The SMILES string of the molecule is COc1c(NC(=O)[C@@]2(I)C=C(Oc3ccnc(CN4CCN(C(=O)OC(C)(C)C)CC4)c3)C(C)=CC2)cc(C(C)(C)C)cc1NS(C)(=O)=O. The Bertz CT molecular complexity index is 1740. The molecule has 0 unspecified atom stereocenters. The molecule has 2 aromatic rings. The van der Waals surface area contributed by atoms with Crippen molar-refractivity contribution in [2.45, 2.75) is 75.9 Å². The molecule has 268 valence electrons. The van der Waals surface area contributed by atoms with Gasteiger partial charge in [-0.1, -0.05) is 49.4 Å². The summed E-state index contributed by atoms with van der Waals surface area (Å²) in [4.78, 5) is 34.9. The number of amides is 2. The highest BCUT2D eigenvalue weighted by molar-refractivity contribution is 14.1. The summed E-state index contributed by atoms with van der Waals surface area (Å²) < 4.78 is 43.3. The standard InChI is InChI=1S/C35H48IN5O7S/c1-23-10-12-35(36,31(42)38-27-18-24(33(2,3)4)19-28(30(27)46-8)39-49(9,44)45)21-29(23)47-26-11-13-37-25(20-26)22-40-14-16-41(17-15-40)32(43)48-34(5,6)7/h10-11,13,18-21,39H,12,14-17,22H2,1-9H3,(H,38,42)/t35-/m0/s1. The highest BCUT2D eigenvalue weighted by atomic mass is 127. The van der Waals surface area contributed by atoms with Gasteiger partial charge in [-0.2, -0.15) is 0 Å². The number of anilines is 2. The summed E-state index contributed by atoms with van der Waals surface area (Å²) in [7, 11) is -2.19. The van der Waals surface area contributed by atoms with Gasteiger partial charge >= 0.3 is 6.09 Å². The molecule has 1 fully saturated rings. The first-order chi connectivity index (χ1) is 22.7. The van der Waals surface area contributed by atoms with E-state index in [-0.39, 0.29) is 28.9 Å². The molecule has 0 radical (unpaired) electrons. The zero-order valence-corrected chi connectivity index (χ0v) is 32.7. The average Bonchev–Trinajstić information content (AvgIpc) is 2.97. The van der Waals surface area contributed by atoms with Crippen molar-refractivity contribution in [1.29, 1.82) is 0 Å². The number of hydrogen-bond donors (Lipinski definition) is 2. The molecule has 1 aromatic carbocycles. The smallest absolute Gasteiger partial charge is 0.410 e. The van der Waals surface area contributed by atoms with Gasteiger partial charge in [-0.25, -0.2) is 13.2 Å². The summed E-state index contributed by atoms with van der Waals surface area (Å²) in [5.41, 5.74) is 2.26. The second kappa shape index (κ2) is 14.9. The average molecular weight is 810 g/mol. The molecule has 0 saturated carbocycles. The Balaban J connectivity index is 1.49. The number of ether oxygens (including phenoxy) is 3. The van der Waals surface area contributed by atoms with Gasteiger partial charge in [0.15, 0.2) is 5.75 Å². The van der Waals surface area contributed by atoms with E-state index in [9.17, 15) is 18.0 Å². The summed E-state index contributed by atoms with van der Waals surface area (Å²) in [6.45, 7) is 16.7. The third kappa shape index (κ3) is 10.6. The Morgan fingerprint density at radius 3 is 2.29 bits per heavy atom. The third-order valence-electron chi connectivity index (χ3n) is 7.96. The minimum absolute atomic E-state index is 0.213. The molecule has 2 N–H and O–H groups in total. The Morgan fingerprint density at radius 1 is 1.04 bits per heavy atom. The summed E-state index contributed by atoms with van der Waals surface area (Å²) in [6.07, 6.45) is 6.67. The van der Waals surface area contributed by atoms with Crippen molar-refractivity contribution in [1.82, 2.24) is 14.8 Å². The summed E-state index contributed by atoms with van der Waals surface area (Å²) >= 11 is 2.13. The molecule has 1 saturated heterocycles. The van der Waals surface area contributed by atoms with E-state index in [1.807, 2.05) is 72.8 Å². The van der Waals surface area contributed by atoms with Crippen molar-refractivity contribution in [3.05, 3.63) is 65.2 Å². The lowest BCUT2D eigenvalue weighted by atomic mass is 9.86. The highest BCUT2D eigenvalue weighted by Gasteiger charge is 2.37. The van der Waals surface area contributed by atoms with Crippen LogP contribution in [0.1, 0.15) is 66.1 Å². The van der Waals surface area contributed by atoms with E-state index >= 15 is 0 Å². The number of carbonyl (C=O) groups is 2. The summed E-state index contributed by atoms with van der Waals surface area (Å²) in [5.74, 6) is 1.04. The van der Waals surface area contributed by atoms with Crippen LogP contribution < -0.4 is 19.5 Å². The first-order valence-electron chi connectivity index (χ1n) is 16.1. The normalized spacial score (nSPS) is 19.0. The second-order valence-electron chi connectivity index (χ2n) is 14.5. The molecule has 12 nitrogen and oxygen atoms in total. The number of carbonyl (C=O) groups excluding carboxylic acids is 2. The molecule has 2 aliphatic rings. The van der Waals surface area contributed by atoms with Gasteiger partial charge in [0.1, 0.15) is 20.5 Å². The summed E-state index contributed by atoms with van der Waals surface area (Å²) in [6, 6.07) is 7.20. The number of pyridine rings is 1. The van der Waals surface area contributed by atoms with Crippen LogP contribution in [-0.4, -0.2) is 83.8 Å². The fraction of sp³-hybridized carbons (Fsp3) is 0.514. The maximum absolute atomic E-state index is 13.9. The van der Waals surface area contributed by atoms with E-state index in [4.69, 9.17) is 14.2 Å². The molecule has 14 heteroatoms. The quantitative estimate of drug-likeness (QED) is 0.223. The number of sulfonamides is 1. The van der Waals surface area contributed by atoms with Gasteiger partial charge in [0.05, 0.1) is 30.4 Å². The number of piperazine rings is 1. The Labute approximate surface area is 303 Å². The minimum atomic E-state index is -3.62. The fourth-order valence-corrected chi connectivity index (χ4v) is 6.49. The molecule has 4 rings (SSSR count). The van der Waals surface area contributed by atoms with Crippen molar-refractivity contribution in [3.8, 4) is 11.5 Å². The van der Waals surface area contributed by atoms with Crippen LogP contribution in [0.25, 0.3) is 0 Å². The number of nitrogens with zero attached hydrogens (tertiary/aromatic N) is 3. The molecule has 1 aliphatic carbocycles. The molecular formula is C35H48IN5O7S. The van der Waals surface area contributed by atoms with E-state index in [0.717, 1.165) is 23.1 Å². The second-order valence-corrected chi connectivity index (χ2v) is 18.1. The third-order valence-corrected chi connectivity index (χ3v) is 9.79. The first-order valence-corrected chi connectivity index (χ1v) is 19.1. The van der Waals surface area contributed by atoms with Gasteiger partial charge in [-0.05, 0) is 74.9 Å². The molecule has 2 heterocycles. The molecular weight excluding hydrogens is 761 g/mol. The van der Waals surface area contributed by atoms with Crippen LogP contribution in [-0.2, 0) is 31.5 Å². The van der Waals surface area contributed by atoms with Gasteiger partial charge in [0, 0.05) is 45.0 Å². The van der Waals surface area contributed by atoms with Crippen LogP contribution >= 0.6 is 22.6 Å². The van der Waals surface area contributed by atoms with Gasteiger partial charge < -0.3 is 24.4 Å². The number of alkyl halides is 1. The number of nitrogens with one attached hydrogen (secondary N) is 2. The number of rotatable bonds is 9. The summed E-state index contributed by atoms with van der Waals surface area (Å²) in [5, 5.41) is 3.00. The molecule has 0 spiro atoms. The predicted octanol–water partition coefficient (Wildman–Crippen LogP) is 6.24. The lowest BCUT2D eigenvalue weighted by Crippen LogP contribution is -2.49. The fourth-order valence-electron chi connectivity index (χ4n) is 5.30. The van der Waals surface area contributed by atoms with E-state index in [1.165, 1.54) is 7.11 Å². The zero-order valence-electron chi connectivity index (χ0n) is 29.8.